The molecule has 1 aliphatic rings. The van der Waals surface area contributed by atoms with Crippen molar-refractivity contribution < 1.29 is 14.8 Å². The molecule has 1 aromatic rings. The Labute approximate surface area is 130 Å². The summed E-state index contributed by atoms with van der Waals surface area (Å²) in [5, 5.41) is 20.3. The topological polar surface area (TPSA) is 96.6 Å². The zero-order valence-corrected chi connectivity index (χ0v) is 13.3. The summed E-state index contributed by atoms with van der Waals surface area (Å²) in [5.41, 5.74) is -0.527. The molecule has 1 N–H and O–H groups in total. The zero-order chi connectivity index (χ0) is 15.8. The van der Waals surface area contributed by atoms with Crippen molar-refractivity contribution in [1.82, 2.24) is 4.98 Å². The molecule has 0 saturated carbocycles. The van der Waals surface area contributed by atoms with Gasteiger partial charge in [0.2, 0.25) is 0 Å². The quantitative estimate of drug-likeness (QED) is 0.659. The number of halogens is 1. The largest absolute Gasteiger partial charge is 0.480 e. The maximum atomic E-state index is 11.6. The summed E-state index contributed by atoms with van der Waals surface area (Å²) in [6.07, 6.45) is 2.81. The summed E-state index contributed by atoms with van der Waals surface area (Å²) in [6.45, 7) is 4.39. The fourth-order valence-corrected chi connectivity index (χ4v) is 3.38. The third-order valence-electron chi connectivity index (χ3n) is 3.80. The maximum absolute atomic E-state index is 11.6. The lowest BCUT2D eigenvalue weighted by atomic mass is 9.76. The van der Waals surface area contributed by atoms with E-state index in [0.717, 1.165) is 19.0 Å². The predicted octanol–water partition coefficient (Wildman–Crippen LogP) is 2.83. The predicted molar refractivity (Wildman–Crippen MR) is 80.4 cm³/mol. The number of hydrogen-bond acceptors (Lipinski definition) is 5. The Morgan fingerprint density at radius 1 is 1.62 bits per heavy atom. The van der Waals surface area contributed by atoms with E-state index in [0.29, 0.717) is 16.8 Å². The van der Waals surface area contributed by atoms with Crippen LogP contribution in [-0.4, -0.2) is 33.6 Å². The summed E-state index contributed by atoms with van der Waals surface area (Å²) in [4.78, 5) is 27.7. The first-order valence-electron chi connectivity index (χ1n) is 6.53. The van der Waals surface area contributed by atoms with Gasteiger partial charge in [0.05, 0.1) is 9.40 Å². The molecule has 1 atom stereocenters. The fourth-order valence-electron chi connectivity index (χ4n) is 2.82. The number of nitrogens with zero attached hydrogens (tertiary/aromatic N) is 3. The van der Waals surface area contributed by atoms with Gasteiger partial charge in [-0.15, -0.1) is 0 Å². The minimum absolute atomic E-state index is 0.131. The maximum Gasteiger partial charge on any atom is 0.326 e. The summed E-state index contributed by atoms with van der Waals surface area (Å²) in [6, 6.07) is 0.638. The van der Waals surface area contributed by atoms with E-state index < -0.39 is 22.3 Å². The minimum atomic E-state index is -0.910. The molecule has 0 radical (unpaired) electrons. The van der Waals surface area contributed by atoms with Crippen LogP contribution in [0.1, 0.15) is 26.7 Å². The lowest BCUT2D eigenvalue weighted by Gasteiger charge is -2.44. The Kier molecular flexibility index (Phi) is 4.18. The zero-order valence-electron chi connectivity index (χ0n) is 11.7. The van der Waals surface area contributed by atoms with E-state index in [1.54, 1.807) is 4.90 Å². The van der Waals surface area contributed by atoms with E-state index in [-0.39, 0.29) is 5.69 Å². The van der Waals surface area contributed by atoms with Gasteiger partial charge in [0.25, 0.3) is 5.69 Å². The van der Waals surface area contributed by atoms with Crippen LogP contribution in [0.5, 0.6) is 0 Å². The van der Waals surface area contributed by atoms with Gasteiger partial charge in [0.15, 0.2) is 0 Å². The normalized spacial score (nSPS) is 21.1. The first kappa shape index (κ1) is 15.7. The van der Waals surface area contributed by atoms with Crippen molar-refractivity contribution in [3.63, 3.8) is 0 Å². The van der Waals surface area contributed by atoms with Crippen LogP contribution in [-0.2, 0) is 4.79 Å². The van der Waals surface area contributed by atoms with Gasteiger partial charge in [0.1, 0.15) is 18.1 Å². The molecule has 114 valence electrons. The number of nitro groups is 1. The molecule has 1 aliphatic heterocycles. The van der Waals surface area contributed by atoms with Gasteiger partial charge < -0.3 is 10.0 Å². The molecule has 0 aromatic carbocycles. The number of rotatable bonds is 3. The lowest BCUT2D eigenvalue weighted by Crippen LogP contribution is -2.54. The van der Waals surface area contributed by atoms with Crippen molar-refractivity contribution in [2.45, 2.75) is 32.7 Å². The van der Waals surface area contributed by atoms with Crippen molar-refractivity contribution in [3.8, 4) is 0 Å². The molecule has 1 saturated heterocycles. The second-order valence-electron chi connectivity index (χ2n) is 5.78. The second kappa shape index (κ2) is 5.59. The Balaban J connectivity index is 2.44. The number of aliphatic carboxylic acids is 1. The highest BCUT2D eigenvalue weighted by molar-refractivity contribution is 9.10. The van der Waals surface area contributed by atoms with Gasteiger partial charge in [-0.25, -0.2) is 9.78 Å². The third kappa shape index (κ3) is 2.99. The number of pyridine rings is 1. The van der Waals surface area contributed by atoms with Crippen LogP contribution < -0.4 is 4.90 Å². The Bertz CT molecular complexity index is 591. The van der Waals surface area contributed by atoms with Crippen molar-refractivity contribution in [3.05, 3.63) is 26.9 Å². The minimum Gasteiger partial charge on any atom is -0.480 e. The second-order valence-corrected chi connectivity index (χ2v) is 6.64. The van der Waals surface area contributed by atoms with Crippen LogP contribution in [0.2, 0.25) is 0 Å². The molecule has 7 nitrogen and oxygen atoms in total. The molecule has 21 heavy (non-hydrogen) atoms. The molecule has 0 aliphatic carbocycles. The SMILES string of the molecule is CC1(C)CCCN(c2ncc([N+](=O)[O-])cc2Br)C1C(=O)O. The van der Waals surface area contributed by atoms with Gasteiger partial charge in [-0.1, -0.05) is 13.8 Å². The van der Waals surface area contributed by atoms with E-state index in [9.17, 15) is 20.0 Å². The van der Waals surface area contributed by atoms with E-state index in [4.69, 9.17) is 0 Å². The standard InChI is InChI=1S/C13H16BrN3O4/c1-13(2)4-3-5-16(10(13)12(18)19)11-9(14)6-8(7-15-11)17(20)21/h6-7,10H,3-5H2,1-2H3,(H,18,19). The number of carboxylic acid groups (broad SMARTS) is 1. The Morgan fingerprint density at radius 2 is 2.29 bits per heavy atom. The monoisotopic (exact) mass is 357 g/mol. The highest BCUT2D eigenvalue weighted by Gasteiger charge is 2.43. The smallest absolute Gasteiger partial charge is 0.326 e. The van der Waals surface area contributed by atoms with Crippen LogP contribution in [0, 0.1) is 15.5 Å². The molecule has 0 bridgehead atoms. The van der Waals surface area contributed by atoms with Gasteiger partial charge in [0, 0.05) is 12.6 Å². The molecule has 1 fully saturated rings. The number of carbonyl (C=O) groups is 1. The third-order valence-corrected chi connectivity index (χ3v) is 4.38. The average Bonchev–Trinajstić information content (AvgIpc) is 2.36. The summed E-state index contributed by atoms with van der Waals surface area (Å²) < 4.78 is 0.431. The van der Waals surface area contributed by atoms with Crippen LogP contribution in [0.15, 0.2) is 16.7 Å². The number of anilines is 1. The summed E-state index contributed by atoms with van der Waals surface area (Å²) >= 11 is 3.26. The van der Waals surface area contributed by atoms with Crippen LogP contribution in [0.3, 0.4) is 0 Å². The highest BCUT2D eigenvalue weighted by atomic mass is 79.9. The number of carboxylic acids is 1. The van der Waals surface area contributed by atoms with Gasteiger partial charge in [-0.2, -0.15) is 0 Å². The molecular formula is C13H16BrN3O4. The van der Waals surface area contributed by atoms with E-state index in [1.165, 1.54) is 6.07 Å². The average molecular weight is 358 g/mol. The van der Waals surface area contributed by atoms with Crippen molar-refractivity contribution in [2.24, 2.45) is 5.41 Å². The van der Waals surface area contributed by atoms with Gasteiger partial charge >= 0.3 is 5.97 Å². The number of piperidine rings is 1. The molecule has 2 heterocycles. The van der Waals surface area contributed by atoms with E-state index >= 15 is 0 Å². The molecule has 8 heteroatoms. The molecule has 1 aromatic heterocycles. The molecular weight excluding hydrogens is 342 g/mol. The van der Waals surface area contributed by atoms with Crippen molar-refractivity contribution >= 4 is 33.4 Å². The number of hydrogen-bond donors (Lipinski definition) is 1. The summed E-state index contributed by atoms with van der Waals surface area (Å²) in [5.74, 6) is -0.479. The van der Waals surface area contributed by atoms with Gasteiger partial charge in [-0.3, -0.25) is 10.1 Å². The molecule has 1 unspecified atom stereocenters. The van der Waals surface area contributed by atoms with E-state index in [1.807, 2.05) is 13.8 Å². The fraction of sp³-hybridized carbons (Fsp3) is 0.538. The van der Waals surface area contributed by atoms with Crippen LogP contribution in [0.4, 0.5) is 11.5 Å². The molecule has 0 amide bonds. The van der Waals surface area contributed by atoms with Crippen molar-refractivity contribution in [2.75, 3.05) is 11.4 Å². The van der Waals surface area contributed by atoms with Crippen molar-refractivity contribution in [1.29, 1.82) is 0 Å². The van der Waals surface area contributed by atoms with Crippen LogP contribution in [0.25, 0.3) is 0 Å². The lowest BCUT2D eigenvalue weighted by molar-refractivity contribution is -0.385. The first-order chi connectivity index (χ1) is 9.74. The number of aromatic nitrogens is 1. The molecule has 2 rings (SSSR count). The Hall–Kier alpha value is -1.70. The first-order valence-corrected chi connectivity index (χ1v) is 7.33. The van der Waals surface area contributed by atoms with Crippen LogP contribution >= 0.6 is 15.9 Å². The summed E-state index contributed by atoms with van der Waals surface area (Å²) in [7, 11) is 0. The van der Waals surface area contributed by atoms with E-state index in [2.05, 4.69) is 20.9 Å². The Morgan fingerprint density at radius 3 is 2.81 bits per heavy atom. The highest BCUT2D eigenvalue weighted by Crippen LogP contribution is 2.39. The van der Waals surface area contributed by atoms with Gasteiger partial charge in [-0.05, 0) is 34.2 Å². The molecule has 0 spiro atoms.